The van der Waals surface area contributed by atoms with Gasteiger partial charge in [0, 0.05) is 6.42 Å². The third-order valence-corrected chi connectivity index (χ3v) is 2.35. The van der Waals surface area contributed by atoms with Crippen molar-refractivity contribution in [3.63, 3.8) is 0 Å². The van der Waals surface area contributed by atoms with E-state index in [1.54, 1.807) is 13.8 Å². The van der Waals surface area contributed by atoms with Crippen molar-refractivity contribution in [2.24, 2.45) is 0 Å². The highest BCUT2D eigenvalue weighted by Gasteiger charge is 2.36. The van der Waals surface area contributed by atoms with Gasteiger partial charge in [-0.3, -0.25) is 4.79 Å². The summed E-state index contributed by atoms with van der Waals surface area (Å²) in [5.41, 5.74) is -0.512. The molecule has 0 aromatic heterocycles. The van der Waals surface area contributed by atoms with Crippen LogP contribution in [0.5, 0.6) is 0 Å². The van der Waals surface area contributed by atoms with Gasteiger partial charge in [0.25, 0.3) is 0 Å². The first-order chi connectivity index (χ1) is 8.11. The topological polar surface area (TPSA) is 61.8 Å². The Labute approximate surface area is 108 Å². The molecule has 0 N–H and O–H groups in total. The minimum absolute atomic E-state index is 0.133. The van der Waals surface area contributed by atoms with Crippen LogP contribution in [0, 0.1) is 0 Å². The second-order valence-electron chi connectivity index (χ2n) is 5.96. The second-order valence-corrected chi connectivity index (χ2v) is 5.96. The summed E-state index contributed by atoms with van der Waals surface area (Å²) in [6.07, 6.45) is 0.382. The Bertz CT molecular complexity index is 316. The van der Waals surface area contributed by atoms with Crippen LogP contribution >= 0.6 is 0 Å². The molecule has 1 fully saturated rings. The number of aldehydes is 1. The smallest absolute Gasteiger partial charge is 0.308 e. The predicted molar refractivity (Wildman–Crippen MR) is 65.0 cm³/mol. The molecule has 5 nitrogen and oxygen atoms in total. The number of carbonyl (C=O) groups is 2. The molecule has 0 aromatic rings. The van der Waals surface area contributed by atoms with Gasteiger partial charge < -0.3 is 19.0 Å². The molecule has 0 aliphatic carbocycles. The Morgan fingerprint density at radius 1 is 1.39 bits per heavy atom. The van der Waals surface area contributed by atoms with Gasteiger partial charge in [0.15, 0.2) is 5.79 Å². The second kappa shape index (κ2) is 5.36. The molecule has 0 spiro atoms. The number of hydrogen-bond donors (Lipinski definition) is 0. The fraction of sp³-hybridized carbons (Fsp3) is 0.846. The molecule has 5 heteroatoms. The molecule has 0 saturated carbocycles. The molecule has 1 saturated heterocycles. The number of carbonyl (C=O) groups excluding carboxylic acids is 2. The van der Waals surface area contributed by atoms with E-state index in [9.17, 15) is 9.59 Å². The molecule has 1 aliphatic heterocycles. The van der Waals surface area contributed by atoms with Gasteiger partial charge in [-0.1, -0.05) is 0 Å². The molecule has 104 valence electrons. The van der Waals surface area contributed by atoms with Gasteiger partial charge in [0.1, 0.15) is 18.0 Å². The van der Waals surface area contributed by atoms with Crippen molar-refractivity contribution in [2.45, 2.75) is 71.1 Å². The normalized spacial score (nSPS) is 27.6. The van der Waals surface area contributed by atoms with Crippen LogP contribution in [0.4, 0.5) is 0 Å². The highest BCUT2D eigenvalue weighted by Crippen LogP contribution is 2.28. The lowest BCUT2D eigenvalue weighted by Crippen LogP contribution is -2.46. The SMILES string of the molecule is CC(C)(C)OC(=O)C[C@@H]1C[C@H](C=O)OC(C)(C)O1. The van der Waals surface area contributed by atoms with Gasteiger partial charge in [-0.05, 0) is 34.6 Å². The summed E-state index contributed by atoms with van der Waals surface area (Å²) in [4.78, 5) is 22.5. The monoisotopic (exact) mass is 258 g/mol. The van der Waals surface area contributed by atoms with Crippen LogP contribution < -0.4 is 0 Å². The van der Waals surface area contributed by atoms with Crippen molar-refractivity contribution in [3.05, 3.63) is 0 Å². The van der Waals surface area contributed by atoms with Crippen molar-refractivity contribution in [3.8, 4) is 0 Å². The summed E-state index contributed by atoms with van der Waals surface area (Å²) in [5, 5.41) is 0. The first-order valence-electron chi connectivity index (χ1n) is 6.14. The van der Waals surface area contributed by atoms with E-state index >= 15 is 0 Å². The summed E-state index contributed by atoms with van der Waals surface area (Å²) in [7, 11) is 0. The van der Waals surface area contributed by atoms with Crippen LogP contribution in [0.15, 0.2) is 0 Å². The van der Waals surface area contributed by atoms with E-state index in [1.807, 2.05) is 20.8 Å². The summed E-state index contributed by atoms with van der Waals surface area (Å²) in [5.74, 6) is -1.17. The Hall–Kier alpha value is -0.940. The first-order valence-corrected chi connectivity index (χ1v) is 6.14. The molecule has 18 heavy (non-hydrogen) atoms. The van der Waals surface area contributed by atoms with Crippen LogP contribution in [-0.4, -0.2) is 35.9 Å². The fourth-order valence-corrected chi connectivity index (χ4v) is 1.93. The lowest BCUT2D eigenvalue weighted by molar-refractivity contribution is -0.291. The number of esters is 1. The number of rotatable bonds is 3. The molecular formula is C13H22O5. The quantitative estimate of drug-likeness (QED) is 0.571. The molecule has 0 radical (unpaired) electrons. The van der Waals surface area contributed by atoms with E-state index in [0.29, 0.717) is 6.42 Å². The minimum Gasteiger partial charge on any atom is -0.460 e. The first kappa shape index (κ1) is 15.1. The van der Waals surface area contributed by atoms with Crippen molar-refractivity contribution in [2.75, 3.05) is 0 Å². The highest BCUT2D eigenvalue weighted by molar-refractivity contribution is 5.70. The van der Waals surface area contributed by atoms with Crippen molar-refractivity contribution in [1.82, 2.24) is 0 Å². The van der Waals surface area contributed by atoms with Gasteiger partial charge in [-0.25, -0.2) is 0 Å². The van der Waals surface area contributed by atoms with Gasteiger partial charge in [-0.2, -0.15) is 0 Å². The average molecular weight is 258 g/mol. The zero-order chi connectivity index (χ0) is 14.0. The van der Waals surface area contributed by atoms with E-state index in [-0.39, 0.29) is 18.5 Å². The third kappa shape index (κ3) is 5.14. The Kier molecular flexibility index (Phi) is 4.50. The largest absolute Gasteiger partial charge is 0.460 e. The van der Waals surface area contributed by atoms with Crippen molar-refractivity contribution in [1.29, 1.82) is 0 Å². The lowest BCUT2D eigenvalue weighted by atomic mass is 10.1. The van der Waals surface area contributed by atoms with Gasteiger partial charge in [0.05, 0.1) is 12.5 Å². The van der Waals surface area contributed by atoms with E-state index in [0.717, 1.165) is 6.29 Å². The Balaban J connectivity index is 2.56. The highest BCUT2D eigenvalue weighted by atomic mass is 16.7. The van der Waals surface area contributed by atoms with Crippen LogP contribution in [0.3, 0.4) is 0 Å². The molecular weight excluding hydrogens is 236 g/mol. The molecule has 1 heterocycles. The zero-order valence-corrected chi connectivity index (χ0v) is 11.7. The van der Waals surface area contributed by atoms with E-state index in [1.165, 1.54) is 0 Å². The minimum atomic E-state index is -0.851. The maximum atomic E-state index is 11.7. The maximum Gasteiger partial charge on any atom is 0.308 e. The van der Waals surface area contributed by atoms with Crippen LogP contribution in [0.25, 0.3) is 0 Å². The zero-order valence-electron chi connectivity index (χ0n) is 11.7. The molecule has 0 bridgehead atoms. The van der Waals surface area contributed by atoms with E-state index in [2.05, 4.69) is 0 Å². The Morgan fingerprint density at radius 2 is 2.00 bits per heavy atom. The lowest BCUT2D eigenvalue weighted by Gasteiger charge is -2.38. The standard InChI is InChI=1S/C13H22O5/c1-12(2,3)18-11(15)7-9-6-10(8-14)17-13(4,5)16-9/h8-10H,6-7H2,1-5H3/t9-,10+/m0/s1. The summed E-state index contributed by atoms with van der Waals surface area (Å²) in [6, 6.07) is 0. The predicted octanol–water partition coefficient (Wildman–Crippen LogP) is 1.83. The van der Waals surface area contributed by atoms with E-state index < -0.39 is 17.5 Å². The van der Waals surface area contributed by atoms with Crippen LogP contribution in [0.2, 0.25) is 0 Å². The number of hydrogen-bond acceptors (Lipinski definition) is 5. The van der Waals surface area contributed by atoms with Gasteiger partial charge >= 0.3 is 5.97 Å². The fourth-order valence-electron chi connectivity index (χ4n) is 1.93. The number of ether oxygens (including phenoxy) is 3. The summed E-state index contributed by atoms with van der Waals surface area (Å²) >= 11 is 0. The molecule has 0 unspecified atom stereocenters. The molecule has 2 atom stereocenters. The molecule has 1 aliphatic rings. The Morgan fingerprint density at radius 3 is 2.50 bits per heavy atom. The maximum absolute atomic E-state index is 11.7. The van der Waals surface area contributed by atoms with Crippen molar-refractivity contribution >= 4 is 12.3 Å². The molecule has 0 aromatic carbocycles. The summed E-state index contributed by atoms with van der Waals surface area (Å²) in [6.45, 7) is 8.89. The average Bonchev–Trinajstić information content (AvgIpc) is 2.11. The molecule has 1 rings (SSSR count). The van der Waals surface area contributed by atoms with Gasteiger partial charge in [0.2, 0.25) is 0 Å². The van der Waals surface area contributed by atoms with Crippen LogP contribution in [-0.2, 0) is 23.8 Å². The summed E-state index contributed by atoms with van der Waals surface area (Å²) < 4.78 is 16.2. The van der Waals surface area contributed by atoms with Crippen LogP contribution in [0.1, 0.15) is 47.5 Å². The molecule has 0 amide bonds. The van der Waals surface area contributed by atoms with Gasteiger partial charge in [-0.15, -0.1) is 0 Å². The van der Waals surface area contributed by atoms with Crippen molar-refractivity contribution < 1.29 is 23.8 Å². The van der Waals surface area contributed by atoms with E-state index in [4.69, 9.17) is 14.2 Å². The third-order valence-electron chi connectivity index (χ3n) is 2.35.